The highest BCUT2D eigenvalue weighted by atomic mass is 32.2. The summed E-state index contributed by atoms with van der Waals surface area (Å²) >= 11 is 1.94. The van der Waals surface area contributed by atoms with E-state index < -0.39 is 0 Å². The van der Waals surface area contributed by atoms with Gasteiger partial charge in [0.25, 0.3) is 0 Å². The van der Waals surface area contributed by atoms with Crippen molar-refractivity contribution in [2.75, 3.05) is 0 Å². The summed E-state index contributed by atoms with van der Waals surface area (Å²) in [6.45, 7) is 15.0. The van der Waals surface area contributed by atoms with Crippen molar-refractivity contribution >= 4 is 17.5 Å². The number of carbonyl (C=O) groups excluding carboxylic acids is 1. The van der Waals surface area contributed by atoms with Crippen LogP contribution >= 0.6 is 11.8 Å². The van der Waals surface area contributed by atoms with E-state index in [-0.39, 0.29) is 15.9 Å². The SMILES string of the molecule is CC(=O)c1c(C)cc2c(c1C)C(C)(C)C(C)(C)S2. The fraction of sp³-hybridized carbons (Fsp3) is 0.562. The fourth-order valence-electron chi connectivity index (χ4n) is 3.05. The highest BCUT2D eigenvalue weighted by molar-refractivity contribution is 8.01. The molecule has 1 aliphatic rings. The van der Waals surface area contributed by atoms with Crippen LogP contribution < -0.4 is 0 Å². The van der Waals surface area contributed by atoms with Gasteiger partial charge in [0.05, 0.1) is 0 Å². The normalized spacial score (nSPS) is 19.7. The Morgan fingerprint density at radius 1 is 1.17 bits per heavy atom. The van der Waals surface area contributed by atoms with Gasteiger partial charge in [-0.15, -0.1) is 11.8 Å². The first-order valence-electron chi connectivity index (χ1n) is 6.44. The third kappa shape index (κ3) is 1.65. The molecule has 0 spiro atoms. The number of benzene rings is 1. The monoisotopic (exact) mass is 262 g/mol. The number of hydrogen-bond acceptors (Lipinski definition) is 2. The Morgan fingerprint density at radius 3 is 2.22 bits per heavy atom. The van der Waals surface area contributed by atoms with E-state index in [0.717, 1.165) is 11.1 Å². The summed E-state index contributed by atoms with van der Waals surface area (Å²) in [7, 11) is 0. The maximum absolute atomic E-state index is 11.9. The van der Waals surface area contributed by atoms with Crippen molar-refractivity contribution < 1.29 is 4.79 Å². The van der Waals surface area contributed by atoms with E-state index in [1.807, 2.05) is 18.7 Å². The molecule has 0 aliphatic carbocycles. The van der Waals surface area contributed by atoms with Gasteiger partial charge in [-0.05, 0) is 57.4 Å². The van der Waals surface area contributed by atoms with E-state index in [1.165, 1.54) is 16.0 Å². The van der Waals surface area contributed by atoms with Crippen LogP contribution in [0.15, 0.2) is 11.0 Å². The number of rotatable bonds is 1. The van der Waals surface area contributed by atoms with Crippen molar-refractivity contribution in [1.29, 1.82) is 0 Å². The quantitative estimate of drug-likeness (QED) is 0.684. The molecule has 1 nitrogen and oxygen atoms in total. The number of fused-ring (bicyclic) bond motifs is 1. The number of Topliss-reactive ketones (excluding diaryl/α,β-unsaturated/α-hetero) is 1. The zero-order valence-corrected chi connectivity index (χ0v) is 13.2. The van der Waals surface area contributed by atoms with Gasteiger partial charge in [0.2, 0.25) is 0 Å². The molecule has 0 radical (unpaired) electrons. The molecule has 1 aliphatic heterocycles. The average Bonchev–Trinajstić information content (AvgIpc) is 2.30. The Labute approximate surface area is 114 Å². The van der Waals surface area contributed by atoms with E-state index in [1.54, 1.807) is 6.92 Å². The predicted molar refractivity (Wildman–Crippen MR) is 78.9 cm³/mol. The smallest absolute Gasteiger partial charge is 0.160 e. The molecule has 0 fully saturated rings. The Kier molecular flexibility index (Phi) is 2.93. The highest BCUT2D eigenvalue weighted by Crippen LogP contribution is 2.57. The van der Waals surface area contributed by atoms with Crippen molar-refractivity contribution in [1.82, 2.24) is 0 Å². The lowest BCUT2D eigenvalue weighted by Gasteiger charge is -2.35. The van der Waals surface area contributed by atoms with Gasteiger partial charge >= 0.3 is 0 Å². The van der Waals surface area contributed by atoms with E-state index >= 15 is 0 Å². The summed E-state index contributed by atoms with van der Waals surface area (Å²) < 4.78 is 0.169. The lowest BCUT2D eigenvalue weighted by molar-refractivity contribution is 0.101. The minimum Gasteiger partial charge on any atom is -0.294 e. The van der Waals surface area contributed by atoms with Crippen molar-refractivity contribution in [3.63, 3.8) is 0 Å². The summed E-state index contributed by atoms with van der Waals surface area (Å²) in [4.78, 5) is 13.2. The standard InChI is InChI=1S/C16H22OS/c1-9-8-12-14(10(2)13(9)11(3)17)15(4,5)16(6,7)18-12/h8H,1-7H3. The lowest BCUT2D eigenvalue weighted by atomic mass is 9.72. The van der Waals surface area contributed by atoms with Gasteiger partial charge in [-0.1, -0.05) is 13.8 Å². The number of hydrogen-bond donors (Lipinski definition) is 0. The molecule has 2 heteroatoms. The summed E-state index contributed by atoms with van der Waals surface area (Å²) in [6, 6.07) is 2.19. The second-order valence-corrected chi connectivity index (χ2v) is 8.02. The average molecular weight is 262 g/mol. The molecule has 0 saturated carbocycles. The van der Waals surface area contributed by atoms with E-state index in [4.69, 9.17) is 0 Å². The van der Waals surface area contributed by atoms with Gasteiger partial charge in [0.15, 0.2) is 5.78 Å². The van der Waals surface area contributed by atoms with Gasteiger partial charge in [-0.2, -0.15) is 0 Å². The third-order valence-electron chi connectivity index (χ3n) is 4.59. The van der Waals surface area contributed by atoms with Crippen LogP contribution in [0.1, 0.15) is 61.7 Å². The first-order valence-corrected chi connectivity index (χ1v) is 7.26. The van der Waals surface area contributed by atoms with Crippen molar-refractivity contribution in [3.05, 3.63) is 28.3 Å². The maximum Gasteiger partial charge on any atom is 0.160 e. The number of thioether (sulfide) groups is 1. The third-order valence-corrected chi connectivity index (χ3v) is 6.15. The van der Waals surface area contributed by atoms with E-state index in [9.17, 15) is 4.79 Å². The molecule has 1 aromatic rings. The van der Waals surface area contributed by atoms with Crippen molar-refractivity contribution in [2.24, 2.45) is 0 Å². The lowest BCUT2D eigenvalue weighted by Crippen LogP contribution is -2.36. The van der Waals surface area contributed by atoms with Gasteiger partial charge < -0.3 is 0 Å². The van der Waals surface area contributed by atoms with E-state index in [2.05, 4.69) is 40.7 Å². The van der Waals surface area contributed by atoms with Crippen LogP contribution in [0.25, 0.3) is 0 Å². The van der Waals surface area contributed by atoms with Crippen LogP contribution in [0.2, 0.25) is 0 Å². The zero-order valence-electron chi connectivity index (χ0n) is 12.4. The molecule has 98 valence electrons. The summed E-state index contributed by atoms with van der Waals surface area (Å²) in [5.41, 5.74) is 4.67. The van der Waals surface area contributed by atoms with Crippen LogP contribution in [-0.2, 0) is 5.41 Å². The molecule has 0 amide bonds. The van der Waals surface area contributed by atoms with Gasteiger partial charge in [-0.3, -0.25) is 4.79 Å². The summed E-state index contributed by atoms with van der Waals surface area (Å²) in [5, 5.41) is 0. The predicted octanol–water partition coefficient (Wildman–Crippen LogP) is 4.67. The van der Waals surface area contributed by atoms with Crippen LogP contribution in [0.3, 0.4) is 0 Å². The Morgan fingerprint density at radius 2 is 1.72 bits per heavy atom. The summed E-state index contributed by atoms with van der Waals surface area (Å²) in [5.74, 6) is 0.179. The van der Waals surface area contributed by atoms with Crippen molar-refractivity contribution in [3.8, 4) is 0 Å². The first kappa shape index (κ1) is 13.7. The molecular weight excluding hydrogens is 240 g/mol. The molecule has 1 aromatic carbocycles. The first-order chi connectivity index (χ1) is 8.09. The van der Waals surface area contributed by atoms with E-state index in [0.29, 0.717) is 0 Å². The minimum atomic E-state index is 0.0922. The van der Waals surface area contributed by atoms with Crippen LogP contribution in [0, 0.1) is 13.8 Å². The van der Waals surface area contributed by atoms with Crippen molar-refractivity contribution in [2.45, 2.75) is 63.5 Å². The highest BCUT2D eigenvalue weighted by Gasteiger charge is 2.47. The second kappa shape index (κ2) is 3.86. The molecule has 0 bridgehead atoms. The topological polar surface area (TPSA) is 17.1 Å². The number of carbonyl (C=O) groups is 1. The fourth-order valence-corrected chi connectivity index (χ4v) is 4.70. The van der Waals surface area contributed by atoms with Gasteiger partial charge in [0.1, 0.15) is 0 Å². The molecule has 2 rings (SSSR count). The number of ketones is 1. The maximum atomic E-state index is 11.9. The Hall–Kier alpha value is -0.760. The largest absolute Gasteiger partial charge is 0.294 e. The van der Waals surface area contributed by atoms with Crippen LogP contribution in [-0.4, -0.2) is 10.5 Å². The molecule has 0 N–H and O–H groups in total. The van der Waals surface area contributed by atoms with Crippen LogP contribution in [0.5, 0.6) is 0 Å². The Balaban J connectivity index is 2.79. The Bertz CT molecular complexity index is 539. The molecule has 1 heterocycles. The van der Waals surface area contributed by atoms with Crippen LogP contribution in [0.4, 0.5) is 0 Å². The minimum absolute atomic E-state index is 0.0922. The number of aryl methyl sites for hydroxylation is 1. The molecular formula is C16H22OS. The van der Waals surface area contributed by atoms with Gasteiger partial charge in [-0.25, -0.2) is 0 Å². The summed E-state index contributed by atoms with van der Waals surface area (Å²) in [6.07, 6.45) is 0. The zero-order chi connectivity index (χ0) is 13.9. The molecule has 18 heavy (non-hydrogen) atoms. The molecule has 0 unspecified atom stereocenters. The molecule has 0 atom stereocenters. The van der Waals surface area contributed by atoms with Gasteiger partial charge in [0, 0.05) is 20.6 Å². The molecule has 0 saturated heterocycles. The molecule has 0 aromatic heterocycles. The second-order valence-electron chi connectivity index (χ2n) is 6.36.